The maximum atomic E-state index is 12.8. The summed E-state index contributed by atoms with van der Waals surface area (Å²) in [5.74, 6) is -0.208. The highest BCUT2D eigenvalue weighted by Gasteiger charge is 2.20. The Morgan fingerprint density at radius 3 is 2.76 bits per heavy atom. The summed E-state index contributed by atoms with van der Waals surface area (Å²) in [5.41, 5.74) is 1.02. The second-order valence-corrected chi connectivity index (χ2v) is 4.46. The molecule has 2 rings (SSSR count). The number of benzene rings is 1. The van der Waals surface area contributed by atoms with Crippen LogP contribution in [0.2, 0.25) is 0 Å². The van der Waals surface area contributed by atoms with E-state index in [1.54, 1.807) is 12.1 Å². The van der Waals surface area contributed by atoms with Gasteiger partial charge in [-0.2, -0.15) is 0 Å². The third-order valence-electron chi connectivity index (χ3n) is 3.02. The third-order valence-corrected chi connectivity index (χ3v) is 3.02. The van der Waals surface area contributed by atoms with Crippen molar-refractivity contribution in [2.24, 2.45) is 0 Å². The van der Waals surface area contributed by atoms with Gasteiger partial charge in [-0.3, -0.25) is 4.79 Å². The Morgan fingerprint density at radius 1 is 1.41 bits per heavy atom. The Labute approximate surface area is 101 Å². The first kappa shape index (κ1) is 11.9. The van der Waals surface area contributed by atoms with E-state index in [9.17, 15) is 9.18 Å². The minimum absolute atomic E-state index is 0.0101. The number of nitrogens with one attached hydrogen (secondary N) is 1. The van der Waals surface area contributed by atoms with Crippen LogP contribution in [0.1, 0.15) is 19.8 Å². The Morgan fingerprint density at radius 2 is 2.12 bits per heavy atom. The molecule has 0 aliphatic carbocycles. The van der Waals surface area contributed by atoms with Gasteiger partial charge < -0.3 is 10.2 Å². The van der Waals surface area contributed by atoms with E-state index < -0.39 is 0 Å². The first-order valence-electron chi connectivity index (χ1n) is 5.93. The van der Waals surface area contributed by atoms with E-state index in [1.165, 1.54) is 19.1 Å². The van der Waals surface area contributed by atoms with Crippen LogP contribution in [0.5, 0.6) is 0 Å². The van der Waals surface area contributed by atoms with E-state index >= 15 is 0 Å². The molecule has 1 aliphatic heterocycles. The van der Waals surface area contributed by atoms with Gasteiger partial charge in [0, 0.05) is 31.7 Å². The van der Waals surface area contributed by atoms with Gasteiger partial charge in [0.05, 0.1) is 0 Å². The molecule has 0 spiro atoms. The number of piperidine rings is 1. The van der Waals surface area contributed by atoms with Crippen LogP contribution in [0.15, 0.2) is 24.3 Å². The molecule has 1 saturated heterocycles. The average molecular weight is 236 g/mol. The molecule has 1 atom stereocenters. The van der Waals surface area contributed by atoms with Crippen LogP contribution >= 0.6 is 0 Å². The van der Waals surface area contributed by atoms with Crippen LogP contribution < -0.4 is 10.2 Å². The monoisotopic (exact) mass is 236 g/mol. The maximum Gasteiger partial charge on any atom is 0.217 e. The molecule has 1 N–H and O–H groups in total. The molecular formula is C13H17FN2O. The van der Waals surface area contributed by atoms with Crippen LogP contribution in [-0.2, 0) is 4.79 Å². The Balaban J connectivity index is 2.01. The fraction of sp³-hybridized carbons (Fsp3) is 0.462. The summed E-state index contributed by atoms with van der Waals surface area (Å²) in [5, 5.41) is 2.94. The second kappa shape index (κ2) is 5.17. The van der Waals surface area contributed by atoms with E-state index in [-0.39, 0.29) is 17.8 Å². The number of carbonyl (C=O) groups excluding carboxylic acids is 1. The van der Waals surface area contributed by atoms with Crippen molar-refractivity contribution in [2.75, 3.05) is 18.0 Å². The smallest absolute Gasteiger partial charge is 0.217 e. The molecule has 1 aromatic carbocycles. The Hall–Kier alpha value is -1.58. The molecule has 0 aromatic heterocycles. The lowest BCUT2D eigenvalue weighted by molar-refractivity contribution is -0.119. The lowest BCUT2D eigenvalue weighted by Crippen LogP contribution is -2.47. The second-order valence-electron chi connectivity index (χ2n) is 4.46. The quantitative estimate of drug-likeness (QED) is 0.851. The first-order valence-corrected chi connectivity index (χ1v) is 5.93. The highest BCUT2D eigenvalue weighted by atomic mass is 19.1. The fourth-order valence-electron chi connectivity index (χ4n) is 2.27. The molecule has 17 heavy (non-hydrogen) atoms. The van der Waals surface area contributed by atoms with E-state index in [2.05, 4.69) is 10.2 Å². The lowest BCUT2D eigenvalue weighted by Gasteiger charge is -2.34. The molecule has 3 nitrogen and oxygen atoms in total. The van der Waals surface area contributed by atoms with Crippen LogP contribution in [0.3, 0.4) is 0 Å². The van der Waals surface area contributed by atoms with E-state index in [0.717, 1.165) is 31.6 Å². The van der Waals surface area contributed by atoms with Crippen molar-refractivity contribution in [1.29, 1.82) is 0 Å². The van der Waals surface area contributed by atoms with E-state index in [1.807, 2.05) is 0 Å². The van der Waals surface area contributed by atoms with Crippen LogP contribution in [0.25, 0.3) is 0 Å². The first-order chi connectivity index (χ1) is 8.15. The zero-order valence-electron chi connectivity index (χ0n) is 9.95. The number of nitrogens with zero attached hydrogens (tertiary/aromatic N) is 1. The molecule has 0 radical (unpaired) electrons. The van der Waals surface area contributed by atoms with Crippen molar-refractivity contribution in [1.82, 2.24) is 5.32 Å². The predicted octanol–water partition coefficient (Wildman–Crippen LogP) is 1.93. The summed E-state index contributed by atoms with van der Waals surface area (Å²) in [6.45, 7) is 3.30. The molecule has 4 heteroatoms. The molecule has 1 amide bonds. The van der Waals surface area contributed by atoms with E-state index in [0.29, 0.717) is 0 Å². The normalized spacial score (nSPS) is 20.1. The van der Waals surface area contributed by atoms with Gasteiger partial charge in [0.2, 0.25) is 5.91 Å². The molecule has 1 aromatic rings. The average Bonchev–Trinajstić information content (AvgIpc) is 2.29. The lowest BCUT2D eigenvalue weighted by atomic mass is 10.0. The molecule has 1 aliphatic rings. The van der Waals surface area contributed by atoms with Gasteiger partial charge in [-0.05, 0) is 37.1 Å². The topological polar surface area (TPSA) is 32.3 Å². The molecule has 1 fully saturated rings. The Bertz CT molecular complexity index is 391. The molecule has 0 saturated carbocycles. The maximum absolute atomic E-state index is 12.8. The number of hydrogen-bond donors (Lipinski definition) is 1. The summed E-state index contributed by atoms with van der Waals surface area (Å²) in [7, 11) is 0. The summed E-state index contributed by atoms with van der Waals surface area (Å²) in [6.07, 6.45) is 2.06. The van der Waals surface area contributed by atoms with Crippen molar-refractivity contribution in [3.63, 3.8) is 0 Å². The SMILES string of the molecule is CC(=O)NC1CCCN(c2ccc(F)cc2)C1. The number of anilines is 1. The van der Waals surface area contributed by atoms with Gasteiger partial charge in [0.25, 0.3) is 0 Å². The minimum Gasteiger partial charge on any atom is -0.369 e. The summed E-state index contributed by atoms with van der Waals surface area (Å²) in [4.78, 5) is 13.2. The highest BCUT2D eigenvalue weighted by molar-refractivity contribution is 5.73. The molecule has 0 bridgehead atoms. The fourth-order valence-corrected chi connectivity index (χ4v) is 2.27. The molecule has 1 heterocycles. The molecular weight excluding hydrogens is 219 g/mol. The van der Waals surface area contributed by atoms with Gasteiger partial charge in [-0.25, -0.2) is 4.39 Å². The molecule has 92 valence electrons. The predicted molar refractivity (Wildman–Crippen MR) is 65.5 cm³/mol. The Kier molecular flexibility index (Phi) is 3.61. The minimum atomic E-state index is -0.218. The number of rotatable bonds is 2. The van der Waals surface area contributed by atoms with Gasteiger partial charge in [-0.15, -0.1) is 0 Å². The zero-order valence-corrected chi connectivity index (χ0v) is 9.95. The number of carbonyl (C=O) groups is 1. The van der Waals surface area contributed by atoms with Crippen LogP contribution in [-0.4, -0.2) is 25.0 Å². The third kappa shape index (κ3) is 3.19. The van der Waals surface area contributed by atoms with Crippen molar-refractivity contribution >= 4 is 11.6 Å². The van der Waals surface area contributed by atoms with Crippen molar-refractivity contribution in [3.05, 3.63) is 30.1 Å². The zero-order chi connectivity index (χ0) is 12.3. The largest absolute Gasteiger partial charge is 0.369 e. The number of halogens is 1. The van der Waals surface area contributed by atoms with Gasteiger partial charge in [0.1, 0.15) is 5.82 Å². The van der Waals surface area contributed by atoms with Gasteiger partial charge in [-0.1, -0.05) is 0 Å². The van der Waals surface area contributed by atoms with Gasteiger partial charge >= 0.3 is 0 Å². The van der Waals surface area contributed by atoms with Crippen molar-refractivity contribution in [3.8, 4) is 0 Å². The van der Waals surface area contributed by atoms with Crippen molar-refractivity contribution < 1.29 is 9.18 Å². The standard InChI is InChI=1S/C13H17FN2O/c1-10(17)15-12-3-2-8-16(9-12)13-6-4-11(14)5-7-13/h4-7,12H,2-3,8-9H2,1H3,(H,15,17). The van der Waals surface area contributed by atoms with Gasteiger partial charge in [0.15, 0.2) is 0 Å². The van der Waals surface area contributed by atoms with Crippen molar-refractivity contribution in [2.45, 2.75) is 25.8 Å². The van der Waals surface area contributed by atoms with E-state index in [4.69, 9.17) is 0 Å². The highest BCUT2D eigenvalue weighted by Crippen LogP contribution is 2.20. The summed E-state index contributed by atoms with van der Waals surface area (Å²) < 4.78 is 12.8. The summed E-state index contributed by atoms with van der Waals surface area (Å²) >= 11 is 0. The number of hydrogen-bond acceptors (Lipinski definition) is 2. The number of amides is 1. The van der Waals surface area contributed by atoms with Crippen LogP contribution in [0.4, 0.5) is 10.1 Å². The summed E-state index contributed by atoms with van der Waals surface area (Å²) in [6, 6.07) is 6.71. The van der Waals surface area contributed by atoms with Crippen LogP contribution in [0, 0.1) is 5.82 Å². The molecule has 1 unspecified atom stereocenters.